The molecular weight excluding hydrogens is 298 g/mol. The number of halogens is 1. The van der Waals surface area contributed by atoms with Crippen LogP contribution in [-0.4, -0.2) is 27.6 Å². The van der Waals surface area contributed by atoms with Crippen molar-refractivity contribution in [1.82, 2.24) is 14.5 Å². The highest BCUT2D eigenvalue weighted by Gasteiger charge is 2.17. The van der Waals surface area contributed by atoms with Gasteiger partial charge in [-0.1, -0.05) is 11.6 Å². The van der Waals surface area contributed by atoms with Gasteiger partial charge < -0.3 is 9.30 Å². The maximum Gasteiger partial charge on any atom is 0.356 e. The van der Waals surface area contributed by atoms with E-state index in [2.05, 4.69) is 9.97 Å². The first-order valence-electron chi connectivity index (χ1n) is 5.76. The number of aromatic nitrogens is 3. The van der Waals surface area contributed by atoms with Gasteiger partial charge in [0.05, 0.1) is 33.4 Å². The van der Waals surface area contributed by atoms with Crippen LogP contribution in [0.2, 0.25) is 5.02 Å². The number of thiophene rings is 1. The number of hydrogen-bond acceptors (Lipinski definition) is 5. The number of hydrogen-bond donors (Lipinski definition) is 0. The van der Waals surface area contributed by atoms with Crippen LogP contribution >= 0.6 is 22.9 Å². The van der Waals surface area contributed by atoms with E-state index < -0.39 is 5.97 Å². The van der Waals surface area contributed by atoms with Crippen molar-refractivity contribution in [3.8, 4) is 10.7 Å². The van der Waals surface area contributed by atoms with Crippen LogP contribution in [0.3, 0.4) is 0 Å². The minimum Gasteiger partial charge on any atom is -0.464 e. The van der Waals surface area contributed by atoms with Gasteiger partial charge in [-0.15, -0.1) is 11.3 Å². The zero-order chi connectivity index (χ0) is 14.3. The fourth-order valence-corrected chi connectivity index (χ4v) is 3.27. The highest BCUT2D eigenvalue weighted by atomic mass is 35.5. The Bertz CT molecular complexity index is 809. The van der Waals surface area contributed by atoms with Gasteiger partial charge in [0.25, 0.3) is 0 Å². The lowest BCUT2D eigenvalue weighted by Gasteiger charge is -2.02. The highest BCUT2D eigenvalue weighted by Crippen LogP contribution is 2.35. The number of imidazole rings is 1. The Labute approximate surface area is 123 Å². The number of carbonyl (C=O) groups excluding carboxylic acids is 1. The summed E-state index contributed by atoms with van der Waals surface area (Å²) >= 11 is 7.64. The fourth-order valence-electron chi connectivity index (χ4n) is 1.95. The first kappa shape index (κ1) is 13.1. The Morgan fingerprint density at radius 3 is 2.95 bits per heavy atom. The second kappa shape index (κ2) is 4.88. The van der Waals surface area contributed by atoms with E-state index in [1.165, 1.54) is 24.6 Å². The van der Waals surface area contributed by atoms with Crippen molar-refractivity contribution >= 4 is 39.1 Å². The third-order valence-electron chi connectivity index (χ3n) is 2.97. The summed E-state index contributed by atoms with van der Waals surface area (Å²) in [5, 5.41) is 0.661. The molecule has 3 rings (SSSR count). The molecular formula is C13H10ClN3O2S. The van der Waals surface area contributed by atoms with Gasteiger partial charge in [0.15, 0.2) is 5.82 Å². The molecule has 0 aliphatic rings. The molecule has 0 spiro atoms. The van der Waals surface area contributed by atoms with Crippen molar-refractivity contribution in [2.75, 3.05) is 7.11 Å². The number of nitrogens with zero attached hydrogens (tertiary/aromatic N) is 3. The lowest BCUT2D eigenvalue weighted by atomic mass is 10.3. The van der Waals surface area contributed by atoms with E-state index in [0.29, 0.717) is 16.5 Å². The number of carbonyl (C=O) groups is 1. The Kier molecular flexibility index (Phi) is 3.19. The zero-order valence-electron chi connectivity index (χ0n) is 10.8. The Balaban J connectivity index is 2.14. The van der Waals surface area contributed by atoms with Gasteiger partial charge in [-0.3, -0.25) is 4.98 Å². The normalized spacial score (nSPS) is 10.9. The lowest BCUT2D eigenvalue weighted by molar-refractivity contribution is 0.0590. The summed E-state index contributed by atoms with van der Waals surface area (Å²) < 4.78 is 7.32. The number of ether oxygens (including phenoxy) is 1. The van der Waals surface area contributed by atoms with Crippen LogP contribution in [0.5, 0.6) is 0 Å². The average Bonchev–Trinajstić information content (AvgIpc) is 3.02. The van der Waals surface area contributed by atoms with Gasteiger partial charge in [0.2, 0.25) is 0 Å². The molecule has 3 heterocycles. The first-order chi connectivity index (χ1) is 9.61. The number of pyridine rings is 1. The predicted molar refractivity (Wildman–Crippen MR) is 78.2 cm³/mol. The second-order valence-corrected chi connectivity index (χ2v) is 5.59. The van der Waals surface area contributed by atoms with E-state index in [-0.39, 0.29) is 0 Å². The molecule has 0 amide bonds. The van der Waals surface area contributed by atoms with Crippen molar-refractivity contribution in [3.05, 3.63) is 35.2 Å². The fraction of sp³-hybridized carbons (Fsp3) is 0.154. The summed E-state index contributed by atoms with van der Waals surface area (Å²) in [5.41, 5.74) is 1.22. The molecule has 0 N–H and O–H groups in total. The lowest BCUT2D eigenvalue weighted by Crippen LogP contribution is -2.07. The quantitative estimate of drug-likeness (QED) is 0.683. The van der Waals surface area contributed by atoms with E-state index >= 15 is 0 Å². The molecule has 0 atom stereocenters. The molecule has 0 unspecified atom stereocenters. The van der Waals surface area contributed by atoms with Crippen LogP contribution < -0.4 is 0 Å². The molecule has 3 aromatic heterocycles. The van der Waals surface area contributed by atoms with Crippen molar-refractivity contribution in [2.45, 2.75) is 0 Å². The maximum absolute atomic E-state index is 11.6. The molecule has 102 valence electrons. The SMILES string of the molecule is COC(=O)c1cnc(-c2cc3nccc(Cl)c3s2)n1C. The largest absolute Gasteiger partial charge is 0.464 e. The molecule has 7 heteroatoms. The van der Waals surface area contributed by atoms with Crippen LogP contribution in [0.25, 0.3) is 20.9 Å². The maximum atomic E-state index is 11.6. The number of fused-ring (bicyclic) bond motifs is 1. The molecule has 0 bridgehead atoms. The third kappa shape index (κ3) is 1.97. The zero-order valence-corrected chi connectivity index (χ0v) is 12.3. The highest BCUT2D eigenvalue weighted by molar-refractivity contribution is 7.22. The summed E-state index contributed by atoms with van der Waals surface area (Å²) in [7, 11) is 3.12. The monoisotopic (exact) mass is 307 g/mol. The van der Waals surface area contributed by atoms with Gasteiger partial charge in [-0.05, 0) is 12.1 Å². The number of rotatable bonds is 2. The summed E-state index contributed by atoms with van der Waals surface area (Å²) in [6, 6.07) is 3.66. The summed E-state index contributed by atoms with van der Waals surface area (Å²) in [4.78, 5) is 21.0. The molecule has 5 nitrogen and oxygen atoms in total. The van der Waals surface area contributed by atoms with E-state index in [4.69, 9.17) is 16.3 Å². The Hall–Kier alpha value is -1.92. The molecule has 3 aromatic rings. The molecule has 20 heavy (non-hydrogen) atoms. The van der Waals surface area contributed by atoms with Gasteiger partial charge in [-0.25, -0.2) is 9.78 Å². The minimum absolute atomic E-state index is 0.402. The second-order valence-electron chi connectivity index (χ2n) is 4.14. The average molecular weight is 308 g/mol. The number of esters is 1. The molecule has 0 aliphatic carbocycles. The van der Waals surface area contributed by atoms with Crippen LogP contribution in [0, 0.1) is 0 Å². The van der Waals surface area contributed by atoms with Gasteiger partial charge in [0.1, 0.15) is 5.69 Å². The molecule has 0 saturated heterocycles. The summed E-state index contributed by atoms with van der Waals surface area (Å²) in [5.74, 6) is 0.271. The van der Waals surface area contributed by atoms with Crippen molar-refractivity contribution in [1.29, 1.82) is 0 Å². The van der Waals surface area contributed by atoms with E-state index in [1.807, 2.05) is 6.07 Å². The molecule has 0 saturated carbocycles. The van der Waals surface area contributed by atoms with Crippen LogP contribution in [0.15, 0.2) is 24.5 Å². The molecule has 0 radical (unpaired) electrons. The molecule has 0 fully saturated rings. The topological polar surface area (TPSA) is 57.0 Å². The van der Waals surface area contributed by atoms with Crippen LogP contribution in [0.4, 0.5) is 0 Å². The summed E-state index contributed by atoms with van der Waals surface area (Å²) in [6.07, 6.45) is 3.17. The van der Waals surface area contributed by atoms with E-state index in [0.717, 1.165) is 15.1 Å². The van der Waals surface area contributed by atoms with Crippen molar-refractivity contribution < 1.29 is 9.53 Å². The minimum atomic E-state index is -0.413. The standard InChI is InChI=1S/C13H10ClN3O2S/c1-17-9(13(18)19-2)6-16-12(17)10-5-8-11(20-10)7(14)3-4-15-8/h3-6H,1-2H3. The van der Waals surface area contributed by atoms with Gasteiger partial charge in [-0.2, -0.15) is 0 Å². The van der Waals surface area contributed by atoms with Crippen molar-refractivity contribution in [2.24, 2.45) is 7.05 Å². The molecule has 0 aromatic carbocycles. The van der Waals surface area contributed by atoms with Gasteiger partial charge in [0, 0.05) is 13.2 Å². The smallest absolute Gasteiger partial charge is 0.356 e. The predicted octanol–water partition coefficient (Wildman–Crippen LogP) is 3.14. The number of methoxy groups -OCH3 is 1. The first-order valence-corrected chi connectivity index (χ1v) is 6.95. The summed E-state index contributed by atoms with van der Waals surface area (Å²) in [6.45, 7) is 0. The van der Waals surface area contributed by atoms with E-state index in [9.17, 15) is 4.79 Å². The van der Waals surface area contributed by atoms with E-state index in [1.54, 1.807) is 23.9 Å². The molecule has 0 aliphatic heterocycles. The Morgan fingerprint density at radius 1 is 1.45 bits per heavy atom. The third-order valence-corrected chi connectivity index (χ3v) is 4.55. The van der Waals surface area contributed by atoms with Crippen LogP contribution in [-0.2, 0) is 11.8 Å². The van der Waals surface area contributed by atoms with Crippen LogP contribution in [0.1, 0.15) is 10.5 Å². The Morgan fingerprint density at radius 2 is 2.25 bits per heavy atom. The van der Waals surface area contributed by atoms with Crippen molar-refractivity contribution in [3.63, 3.8) is 0 Å². The van der Waals surface area contributed by atoms with Gasteiger partial charge >= 0.3 is 5.97 Å².